The number of halogens is 1. The van der Waals surface area contributed by atoms with Crippen LogP contribution in [0.15, 0.2) is 18.2 Å². The maximum Gasteiger partial charge on any atom is 0.165 e. The van der Waals surface area contributed by atoms with E-state index >= 15 is 0 Å². The summed E-state index contributed by atoms with van der Waals surface area (Å²) in [5, 5.41) is 0. The highest BCUT2D eigenvalue weighted by atomic mass is 19.1. The summed E-state index contributed by atoms with van der Waals surface area (Å²) >= 11 is 0. The molecule has 0 heterocycles. The molecule has 0 bridgehead atoms. The highest BCUT2D eigenvalue weighted by molar-refractivity contribution is 5.29. The van der Waals surface area contributed by atoms with Crippen molar-refractivity contribution in [1.29, 1.82) is 0 Å². The average molecular weight is 281 g/mol. The summed E-state index contributed by atoms with van der Waals surface area (Å²) in [6.07, 6.45) is 9.35. The van der Waals surface area contributed by atoms with Crippen molar-refractivity contribution in [2.45, 2.75) is 58.3 Å². The summed E-state index contributed by atoms with van der Waals surface area (Å²) in [7, 11) is 0. The highest BCUT2D eigenvalue weighted by Gasteiger charge is 2.04. The topological polar surface area (TPSA) is 35.2 Å². The third kappa shape index (κ3) is 6.90. The van der Waals surface area contributed by atoms with Gasteiger partial charge in [0.2, 0.25) is 0 Å². The largest absolute Gasteiger partial charge is 0.491 e. The van der Waals surface area contributed by atoms with Crippen LogP contribution >= 0.6 is 0 Å². The molecule has 0 aliphatic rings. The van der Waals surface area contributed by atoms with E-state index in [2.05, 4.69) is 6.92 Å². The van der Waals surface area contributed by atoms with Gasteiger partial charge in [-0.15, -0.1) is 0 Å². The van der Waals surface area contributed by atoms with Crippen LogP contribution in [0.3, 0.4) is 0 Å². The van der Waals surface area contributed by atoms with Gasteiger partial charge in [0, 0.05) is 0 Å². The second-order valence-electron chi connectivity index (χ2n) is 5.27. The maximum absolute atomic E-state index is 13.7. The number of rotatable bonds is 11. The van der Waals surface area contributed by atoms with E-state index in [9.17, 15) is 4.39 Å². The quantitative estimate of drug-likeness (QED) is 0.608. The molecule has 0 aromatic heterocycles. The Kier molecular flexibility index (Phi) is 9.05. The first-order valence-electron chi connectivity index (χ1n) is 7.89. The second kappa shape index (κ2) is 10.7. The molecule has 0 spiro atoms. The molecule has 2 N–H and O–H groups in total. The van der Waals surface area contributed by atoms with Crippen LogP contribution in [0.1, 0.15) is 57.4 Å². The fourth-order valence-corrected chi connectivity index (χ4v) is 2.22. The Labute approximate surface area is 122 Å². The first-order chi connectivity index (χ1) is 9.77. The lowest BCUT2D eigenvalue weighted by Crippen LogP contribution is -2.04. The third-order valence-electron chi connectivity index (χ3n) is 3.43. The molecule has 0 aliphatic carbocycles. The SMILES string of the molecule is CCCCCCCCCOc1ccc(CCN)cc1F. The van der Waals surface area contributed by atoms with Gasteiger partial charge in [0.1, 0.15) is 0 Å². The molecule has 0 saturated carbocycles. The van der Waals surface area contributed by atoms with Gasteiger partial charge in [0.25, 0.3) is 0 Å². The van der Waals surface area contributed by atoms with E-state index in [0.29, 0.717) is 25.3 Å². The van der Waals surface area contributed by atoms with Crippen molar-refractivity contribution in [3.63, 3.8) is 0 Å². The van der Waals surface area contributed by atoms with Crippen LogP contribution in [0.2, 0.25) is 0 Å². The van der Waals surface area contributed by atoms with Crippen LogP contribution in [0.5, 0.6) is 5.75 Å². The summed E-state index contributed by atoms with van der Waals surface area (Å²) in [5.74, 6) is 0.0793. The summed E-state index contributed by atoms with van der Waals surface area (Å²) in [4.78, 5) is 0. The van der Waals surface area contributed by atoms with E-state index in [1.807, 2.05) is 6.07 Å². The number of hydrogen-bond acceptors (Lipinski definition) is 2. The maximum atomic E-state index is 13.7. The molecule has 0 radical (unpaired) electrons. The molecule has 1 rings (SSSR count). The molecule has 0 aliphatic heterocycles. The molecule has 0 saturated heterocycles. The highest BCUT2D eigenvalue weighted by Crippen LogP contribution is 2.19. The molecule has 1 aromatic rings. The molecule has 0 amide bonds. The van der Waals surface area contributed by atoms with Crippen molar-refractivity contribution < 1.29 is 9.13 Å². The normalized spacial score (nSPS) is 10.8. The Balaban J connectivity index is 2.15. The van der Waals surface area contributed by atoms with Gasteiger partial charge in [-0.1, -0.05) is 51.5 Å². The number of nitrogens with two attached hydrogens (primary N) is 1. The molecule has 20 heavy (non-hydrogen) atoms. The summed E-state index contributed by atoms with van der Waals surface area (Å²) in [5.41, 5.74) is 6.38. The number of hydrogen-bond donors (Lipinski definition) is 1. The molecule has 0 fully saturated rings. The Hall–Kier alpha value is -1.09. The Morgan fingerprint density at radius 2 is 1.75 bits per heavy atom. The molecule has 3 heteroatoms. The third-order valence-corrected chi connectivity index (χ3v) is 3.43. The smallest absolute Gasteiger partial charge is 0.165 e. The molecule has 1 aromatic carbocycles. The van der Waals surface area contributed by atoms with E-state index < -0.39 is 0 Å². The van der Waals surface area contributed by atoms with Gasteiger partial charge in [-0.25, -0.2) is 4.39 Å². The molecule has 2 nitrogen and oxygen atoms in total. The van der Waals surface area contributed by atoms with Crippen LogP contribution in [-0.4, -0.2) is 13.2 Å². The minimum Gasteiger partial charge on any atom is -0.491 e. The fourth-order valence-electron chi connectivity index (χ4n) is 2.22. The molecule has 0 unspecified atom stereocenters. The van der Waals surface area contributed by atoms with Gasteiger partial charge >= 0.3 is 0 Å². The van der Waals surface area contributed by atoms with Gasteiger partial charge in [-0.2, -0.15) is 0 Å². The van der Waals surface area contributed by atoms with Gasteiger partial charge in [0.15, 0.2) is 11.6 Å². The second-order valence-corrected chi connectivity index (χ2v) is 5.27. The predicted molar refractivity (Wildman–Crippen MR) is 82.6 cm³/mol. The van der Waals surface area contributed by atoms with Crippen LogP contribution in [0, 0.1) is 5.82 Å². The first kappa shape index (κ1) is 17.0. The summed E-state index contributed by atoms with van der Waals surface area (Å²) in [6.45, 7) is 3.36. The lowest BCUT2D eigenvalue weighted by molar-refractivity contribution is 0.290. The summed E-state index contributed by atoms with van der Waals surface area (Å²) < 4.78 is 19.2. The van der Waals surface area contributed by atoms with Crippen LogP contribution in [-0.2, 0) is 6.42 Å². The van der Waals surface area contributed by atoms with Gasteiger partial charge < -0.3 is 10.5 Å². The molecule has 114 valence electrons. The number of ether oxygens (including phenoxy) is 1. The van der Waals surface area contributed by atoms with Crippen LogP contribution in [0.4, 0.5) is 4.39 Å². The van der Waals surface area contributed by atoms with Crippen molar-refractivity contribution in [3.8, 4) is 5.75 Å². The van der Waals surface area contributed by atoms with Crippen molar-refractivity contribution in [2.75, 3.05) is 13.2 Å². The van der Waals surface area contributed by atoms with E-state index in [4.69, 9.17) is 10.5 Å². The molecule has 0 atom stereocenters. The van der Waals surface area contributed by atoms with Crippen molar-refractivity contribution in [3.05, 3.63) is 29.6 Å². The van der Waals surface area contributed by atoms with E-state index in [1.165, 1.54) is 38.2 Å². The number of unbranched alkanes of at least 4 members (excludes halogenated alkanes) is 6. The fraction of sp³-hybridized carbons (Fsp3) is 0.647. The minimum atomic E-state index is -0.279. The molecular formula is C17H28FNO. The summed E-state index contributed by atoms with van der Waals surface area (Å²) in [6, 6.07) is 5.12. The zero-order valence-electron chi connectivity index (χ0n) is 12.7. The zero-order chi connectivity index (χ0) is 14.6. The average Bonchev–Trinajstić information content (AvgIpc) is 2.44. The lowest BCUT2D eigenvalue weighted by Gasteiger charge is -2.08. The van der Waals surface area contributed by atoms with Crippen LogP contribution in [0.25, 0.3) is 0 Å². The Morgan fingerprint density at radius 1 is 1.05 bits per heavy atom. The number of benzene rings is 1. The van der Waals surface area contributed by atoms with Crippen molar-refractivity contribution in [2.24, 2.45) is 5.73 Å². The Bertz CT molecular complexity index is 368. The van der Waals surface area contributed by atoms with E-state index in [0.717, 1.165) is 18.4 Å². The lowest BCUT2D eigenvalue weighted by atomic mass is 10.1. The minimum absolute atomic E-state index is 0.279. The van der Waals surface area contributed by atoms with Crippen molar-refractivity contribution >= 4 is 0 Å². The van der Waals surface area contributed by atoms with Gasteiger partial charge in [0.05, 0.1) is 6.61 Å². The van der Waals surface area contributed by atoms with Crippen molar-refractivity contribution in [1.82, 2.24) is 0 Å². The zero-order valence-corrected chi connectivity index (χ0v) is 12.7. The predicted octanol–water partition coefficient (Wildman–Crippen LogP) is 4.46. The Morgan fingerprint density at radius 3 is 2.40 bits per heavy atom. The standard InChI is InChI=1S/C17H28FNO/c1-2-3-4-5-6-7-8-13-20-17-10-9-15(11-12-19)14-16(17)18/h9-10,14H,2-8,11-13,19H2,1H3. The van der Waals surface area contributed by atoms with E-state index in [1.54, 1.807) is 6.07 Å². The van der Waals surface area contributed by atoms with Gasteiger partial charge in [-0.05, 0) is 37.1 Å². The monoisotopic (exact) mass is 281 g/mol. The molecular weight excluding hydrogens is 253 g/mol. The first-order valence-corrected chi connectivity index (χ1v) is 7.89. The van der Waals surface area contributed by atoms with Gasteiger partial charge in [-0.3, -0.25) is 0 Å². The van der Waals surface area contributed by atoms with E-state index in [-0.39, 0.29) is 5.82 Å². The van der Waals surface area contributed by atoms with Crippen LogP contribution < -0.4 is 10.5 Å².